The SMILES string of the molecule is CC#Cc1ccc(-c2ccc(C(=O)[C@H]3CC[C@@]45C=C[C@@H]6[C@H]([C@H]7C#Cc8c(cc(O)c9c8N[C@@H](C=C9)[C@@](C)(O)Cc8cccc(c8Cc8cnc[nH]8)C7)C[C@H]4NC(N)=NC)[C@@]4(CC[C@@H](CNC)[C@@H]4CO)C[C@]36C5)s2)s1. The molecule has 3 aromatic heterocycles. The molecule has 2 aliphatic heterocycles. The highest BCUT2D eigenvalue weighted by Crippen LogP contribution is 2.76. The van der Waals surface area contributed by atoms with E-state index < -0.39 is 22.5 Å². The first-order valence-electron chi connectivity index (χ1n) is 26.6. The Kier molecular flexibility index (Phi) is 12.4. The molecular formula is C61H67N7O4S2. The quantitative estimate of drug-likeness (QED) is 0.0236. The number of hydrogen-bond donors (Lipinski definition) is 8. The molecule has 0 amide bonds. The lowest BCUT2D eigenvalue weighted by molar-refractivity contribution is -0.0222. The standard InChI is InChI=1S/C61H67N7O4S2/c1-5-7-41-11-14-49(73-41)50-15-16-51(74-50)56(71)46-20-22-59-21-19-45-54(60(33-61(45,46)32-59)23-18-38(29-63-3)47(60)31-69)36-10-12-42-39(26-53(59)68-57(62)64-4)25-48(70)43-13-17-52(67-55(42)43)58(2,72)28-37-9-6-8-35(24-36)44(37)27-40-30-65-34-66-40/h6,8-9,11,13-17,19,21,25,30,34,36,38,45-47,52-54,63,67,69-70,72H,18,20,22-24,26-29,31-33H2,1-4H3,(H,65,66)(H3,62,64,68)/t36-,38-,45+,46+,47-,52-,53+,54-,58-,59+,60-,61-/m0/s1. The third-order valence-corrected chi connectivity index (χ3v) is 21.4. The Balaban J connectivity index is 1.11. The Hall–Kier alpha value is -5.93. The van der Waals surface area contributed by atoms with E-state index in [0.717, 1.165) is 86.1 Å². The zero-order chi connectivity index (χ0) is 51.1. The van der Waals surface area contributed by atoms with E-state index in [9.17, 15) is 15.3 Å². The molecule has 11 nitrogen and oxygen atoms in total. The summed E-state index contributed by atoms with van der Waals surface area (Å²) in [4.78, 5) is 32.3. The van der Waals surface area contributed by atoms with Gasteiger partial charge in [0, 0.05) is 77.0 Å². The highest BCUT2D eigenvalue weighted by atomic mass is 32.1. The number of aliphatic imine (C=N–C) groups is 1. The highest BCUT2D eigenvalue weighted by Gasteiger charge is 2.72. The van der Waals surface area contributed by atoms with Crippen LogP contribution >= 0.6 is 22.7 Å². The molecule has 5 aromatic rings. The van der Waals surface area contributed by atoms with Gasteiger partial charge in [-0.25, -0.2) is 4.98 Å². The molecule has 3 fully saturated rings. The van der Waals surface area contributed by atoms with Gasteiger partial charge in [-0.1, -0.05) is 60.3 Å². The minimum absolute atomic E-state index is 0.0308. The van der Waals surface area contributed by atoms with Gasteiger partial charge in [-0.2, -0.15) is 0 Å². The number of benzene rings is 2. The van der Waals surface area contributed by atoms with Crippen LogP contribution in [0, 0.1) is 75.4 Å². The van der Waals surface area contributed by atoms with E-state index in [1.165, 1.54) is 5.56 Å². The zero-order valence-electron chi connectivity index (χ0n) is 42.7. The van der Waals surface area contributed by atoms with Gasteiger partial charge in [0.15, 0.2) is 11.7 Å². The van der Waals surface area contributed by atoms with Crippen molar-refractivity contribution in [1.82, 2.24) is 20.6 Å². The number of anilines is 1. The number of phenols is 1. The number of nitrogens with two attached hydrogens (primary N) is 1. The number of H-pyrrole nitrogens is 1. The van der Waals surface area contributed by atoms with E-state index in [0.29, 0.717) is 49.3 Å². The topological polar surface area (TPSA) is 181 Å². The summed E-state index contributed by atoms with van der Waals surface area (Å²) >= 11 is 3.26. The van der Waals surface area contributed by atoms with Crippen molar-refractivity contribution in [1.29, 1.82) is 0 Å². The number of thiophene rings is 2. The van der Waals surface area contributed by atoms with Crippen molar-refractivity contribution >= 4 is 46.2 Å². The molecule has 5 aliphatic carbocycles. The number of carbonyl (C=O) groups excluding carboxylic acids is 1. The van der Waals surface area contributed by atoms with E-state index in [1.807, 2.05) is 45.3 Å². The average molecular weight is 1030 g/mol. The van der Waals surface area contributed by atoms with Crippen LogP contribution in [0.3, 0.4) is 0 Å². The number of ketones is 1. The average Bonchev–Trinajstić information content (AvgIpc) is 4.25. The van der Waals surface area contributed by atoms with Crippen LogP contribution in [0.1, 0.15) is 106 Å². The van der Waals surface area contributed by atoms with E-state index in [-0.39, 0.29) is 65.1 Å². The predicted octanol–water partition coefficient (Wildman–Crippen LogP) is 8.74. The molecule has 3 spiro atoms. The molecule has 0 saturated heterocycles. The number of aliphatic hydroxyl groups is 2. The van der Waals surface area contributed by atoms with E-state index in [1.54, 1.807) is 36.0 Å². The van der Waals surface area contributed by atoms with Crippen LogP contribution in [0.5, 0.6) is 5.75 Å². The fourth-order valence-electron chi connectivity index (χ4n) is 16.0. The Morgan fingerprint density at radius 2 is 1.88 bits per heavy atom. The number of phenolic OH excluding ortho intramolecular Hbond substituents is 1. The molecule has 3 saturated carbocycles. The van der Waals surface area contributed by atoms with Gasteiger partial charge in [-0.3, -0.25) is 9.79 Å². The van der Waals surface area contributed by atoms with E-state index in [4.69, 9.17) is 5.73 Å². The van der Waals surface area contributed by atoms with Gasteiger partial charge in [-0.05, 0) is 166 Å². The van der Waals surface area contributed by atoms with Crippen molar-refractivity contribution in [3.05, 3.63) is 128 Å². The zero-order valence-corrected chi connectivity index (χ0v) is 44.4. The molecule has 0 unspecified atom stereocenters. The Morgan fingerprint density at radius 3 is 2.68 bits per heavy atom. The minimum Gasteiger partial charge on any atom is -0.507 e. The normalized spacial score (nSPS) is 33.1. The number of aromatic nitrogens is 2. The molecule has 74 heavy (non-hydrogen) atoms. The van der Waals surface area contributed by atoms with E-state index >= 15 is 4.79 Å². The number of guanidine groups is 1. The largest absolute Gasteiger partial charge is 0.507 e. The number of nitrogens with one attached hydrogen (secondary N) is 4. The van der Waals surface area contributed by atoms with Crippen molar-refractivity contribution < 1.29 is 20.1 Å². The van der Waals surface area contributed by atoms with Crippen LogP contribution < -0.4 is 21.7 Å². The second-order valence-corrected chi connectivity index (χ2v) is 25.1. The highest BCUT2D eigenvalue weighted by molar-refractivity contribution is 7.23. The van der Waals surface area contributed by atoms with Crippen molar-refractivity contribution in [2.45, 2.75) is 95.7 Å². The maximum absolute atomic E-state index is 16.0. The molecule has 382 valence electrons. The van der Waals surface area contributed by atoms with Crippen LogP contribution in [-0.2, 0) is 25.7 Å². The number of nitrogens with zero attached hydrogens (tertiary/aromatic N) is 2. The second-order valence-electron chi connectivity index (χ2n) is 22.9. The summed E-state index contributed by atoms with van der Waals surface area (Å²) in [6.07, 6.45) is 19.5. The lowest BCUT2D eigenvalue weighted by Crippen LogP contribution is -2.59. The van der Waals surface area contributed by atoms with Crippen molar-refractivity contribution in [2.75, 3.05) is 32.6 Å². The summed E-state index contributed by atoms with van der Waals surface area (Å²) in [6, 6.07) is 16.0. The van der Waals surface area contributed by atoms with Gasteiger partial charge in [0.25, 0.3) is 0 Å². The number of aromatic hydroxyl groups is 1. The summed E-state index contributed by atoms with van der Waals surface area (Å²) in [5, 5.41) is 47.8. The molecule has 13 heteroatoms. The first-order valence-corrected chi connectivity index (χ1v) is 28.2. The van der Waals surface area contributed by atoms with E-state index in [2.05, 4.69) is 109 Å². The lowest BCUT2D eigenvalue weighted by Gasteiger charge is -2.58. The first kappa shape index (κ1) is 49.0. The summed E-state index contributed by atoms with van der Waals surface area (Å²) in [6.45, 7) is 4.60. The van der Waals surface area contributed by atoms with Gasteiger partial charge in [0.05, 0.1) is 39.0 Å². The van der Waals surface area contributed by atoms with Crippen molar-refractivity contribution in [2.24, 2.45) is 62.5 Å². The fourth-order valence-corrected chi connectivity index (χ4v) is 18.0. The van der Waals surface area contributed by atoms with Crippen LogP contribution in [-0.4, -0.2) is 82.0 Å². The monoisotopic (exact) mass is 1030 g/mol. The number of aliphatic hydroxyl groups excluding tert-OH is 1. The van der Waals surface area contributed by atoms with Crippen LogP contribution in [0.25, 0.3) is 15.8 Å². The van der Waals surface area contributed by atoms with Crippen LogP contribution in [0.4, 0.5) is 5.69 Å². The third kappa shape index (κ3) is 7.91. The number of rotatable bonds is 9. The Labute approximate surface area is 442 Å². The third-order valence-electron chi connectivity index (χ3n) is 19.1. The first-order chi connectivity index (χ1) is 35.8. The number of aromatic amines is 1. The van der Waals surface area contributed by atoms with Gasteiger partial charge in [0.1, 0.15) is 5.75 Å². The number of Topliss-reactive ketones (excluding diaryl/α,β-unsaturated/α-hetero) is 1. The van der Waals surface area contributed by atoms with Crippen LogP contribution in [0.2, 0.25) is 0 Å². The van der Waals surface area contributed by atoms with Crippen molar-refractivity contribution in [3.63, 3.8) is 0 Å². The number of hydrogen-bond acceptors (Lipinski definition) is 10. The van der Waals surface area contributed by atoms with Crippen LogP contribution in [0.15, 0.2) is 84.3 Å². The number of fused-ring (bicyclic) bond motifs is 6. The molecular weight excluding hydrogens is 959 g/mol. The molecule has 7 aliphatic rings. The lowest BCUT2D eigenvalue weighted by atomic mass is 9.47. The molecule has 9 bridgehead atoms. The Bertz CT molecular complexity index is 3250. The van der Waals surface area contributed by atoms with Gasteiger partial charge in [0.2, 0.25) is 0 Å². The molecule has 12 rings (SSSR count). The summed E-state index contributed by atoms with van der Waals surface area (Å²) in [5.74, 6) is 14.5. The molecule has 5 heterocycles. The molecule has 9 N–H and O–H groups in total. The second kappa shape index (κ2) is 18.7. The van der Waals surface area contributed by atoms with Gasteiger partial charge < -0.3 is 42.0 Å². The summed E-state index contributed by atoms with van der Waals surface area (Å²) < 4.78 is 0. The predicted molar refractivity (Wildman–Crippen MR) is 296 cm³/mol. The molecule has 12 atom stereocenters. The van der Waals surface area contributed by atoms with Gasteiger partial charge in [-0.15, -0.1) is 28.6 Å². The van der Waals surface area contributed by atoms with Crippen molar-refractivity contribution in [3.8, 4) is 39.2 Å². The maximum Gasteiger partial charge on any atom is 0.188 e. The maximum atomic E-state index is 16.0. The smallest absolute Gasteiger partial charge is 0.188 e. The fraction of sp³-hybridized carbons (Fsp3) is 0.459. The molecule has 2 aromatic carbocycles. The minimum atomic E-state index is -1.25. The summed E-state index contributed by atoms with van der Waals surface area (Å²) in [7, 11) is 3.72. The van der Waals surface area contributed by atoms with Gasteiger partial charge >= 0.3 is 0 Å². The Morgan fingerprint density at radius 1 is 1.04 bits per heavy atom. The number of imidazole rings is 1. The summed E-state index contributed by atoms with van der Waals surface area (Å²) in [5.41, 5.74) is 11.6. The number of carbonyl (C=O) groups is 1. The molecule has 0 radical (unpaired) electrons. The number of allylic oxidation sites excluding steroid dienone is 1.